The van der Waals surface area contributed by atoms with Crippen molar-refractivity contribution in [3.63, 3.8) is 0 Å². The van der Waals surface area contributed by atoms with Crippen LogP contribution in [-0.4, -0.2) is 21.0 Å². The Morgan fingerprint density at radius 1 is 1.28 bits per heavy atom. The molecule has 7 heteroatoms. The van der Waals surface area contributed by atoms with Crippen molar-refractivity contribution in [2.45, 2.75) is 0 Å². The van der Waals surface area contributed by atoms with Gasteiger partial charge in [-0.25, -0.2) is 18.4 Å². The summed E-state index contributed by atoms with van der Waals surface area (Å²) in [5, 5.41) is 8.73. The van der Waals surface area contributed by atoms with Crippen LogP contribution in [0.5, 0.6) is 0 Å². The molecule has 0 amide bonds. The van der Waals surface area contributed by atoms with E-state index in [9.17, 15) is 18.4 Å². The van der Waals surface area contributed by atoms with Crippen molar-refractivity contribution in [1.82, 2.24) is 9.97 Å². The van der Waals surface area contributed by atoms with Crippen molar-refractivity contribution in [2.75, 3.05) is 0 Å². The zero-order chi connectivity index (χ0) is 13.3. The van der Waals surface area contributed by atoms with E-state index >= 15 is 0 Å². The summed E-state index contributed by atoms with van der Waals surface area (Å²) in [5.74, 6) is -3.28. The average Bonchev–Trinajstić information content (AvgIpc) is 2.28. The van der Waals surface area contributed by atoms with Gasteiger partial charge in [0.25, 0.3) is 0 Å². The maximum atomic E-state index is 13.5. The Morgan fingerprint density at radius 3 is 2.44 bits per heavy atom. The highest BCUT2D eigenvalue weighted by Crippen LogP contribution is 2.23. The molecule has 0 saturated carbocycles. The lowest BCUT2D eigenvalue weighted by Gasteiger charge is -2.04. The maximum absolute atomic E-state index is 13.5. The number of halogens is 2. The van der Waals surface area contributed by atoms with E-state index in [1.807, 2.05) is 4.98 Å². The van der Waals surface area contributed by atoms with Gasteiger partial charge >= 0.3 is 11.7 Å². The number of carbonyl (C=O) groups is 1. The number of hydrogen-bond donors (Lipinski definition) is 2. The quantitative estimate of drug-likeness (QED) is 0.846. The van der Waals surface area contributed by atoms with Crippen LogP contribution >= 0.6 is 0 Å². The molecule has 2 aromatic rings. The van der Waals surface area contributed by atoms with E-state index in [4.69, 9.17) is 5.11 Å². The molecule has 92 valence electrons. The first kappa shape index (κ1) is 11.9. The fourth-order valence-electron chi connectivity index (χ4n) is 1.44. The van der Waals surface area contributed by atoms with Crippen molar-refractivity contribution < 1.29 is 18.7 Å². The first-order valence-corrected chi connectivity index (χ1v) is 4.78. The summed E-state index contributed by atoms with van der Waals surface area (Å²) in [5.41, 5.74) is -2.39. The zero-order valence-corrected chi connectivity index (χ0v) is 8.78. The largest absolute Gasteiger partial charge is 0.477 e. The Bertz CT molecular complexity index is 662. The van der Waals surface area contributed by atoms with Crippen LogP contribution in [0.15, 0.2) is 29.1 Å². The number of carboxylic acids is 1. The number of benzene rings is 1. The molecule has 0 spiro atoms. The highest BCUT2D eigenvalue weighted by molar-refractivity contribution is 5.86. The van der Waals surface area contributed by atoms with Crippen molar-refractivity contribution >= 4 is 5.97 Å². The van der Waals surface area contributed by atoms with Gasteiger partial charge in [0.15, 0.2) is 0 Å². The number of H-pyrrole nitrogens is 1. The number of nitrogens with one attached hydrogen (secondary N) is 1. The minimum atomic E-state index is -1.42. The van der Waals surface area contributed by atoms with Gasteiger partial charge in [-0.15, -0.1) is 0 Å². The summed E-state index contributed by atoms with van der Waals surface area (Å²) >= 11 is 0. The summed E-state index contributed by atoms with van der Waals surface area (Å²) in [6.07, 6.45) is 0. The standard InChI is InChI=1S/C11H6F2N2O3/c12-5-2-1-3-6(13)9(5)7-4-8(10(16)17)15-11(18)14-7/h1-4H,(H,16,17)(H,14,15,18). The molecule has 2 rings (SSSR count). The summed E-state index contributed by atoms with van der Waals surface area (Å²) in [7, 11) is 0. The predicted octanol–water partition coefficient (Wildman–Crippen LogP) is 1.41. The molecule has 2 N–H and O–H groups in total. The molecule has 5 nitrogen and oxygen atoms in total. The molecule has 0 aliphatic rings. The van der Waals surface area contributed by atoms with Crippen LogP contribution in [-0.2, 0) is 0 Å². The van der Waals surface area contributed by atoms with E-state index in [1.165, 1.54) is 0 Å². The van der Waals surface area contributed by atoms with Gasteiger partial charge in [0.2, 0.25) is 0 Å². The first-order valence-electron chi connectivity index (χ1n) is 4.78. The third kappa shape index (κ3) is 2.10. The molecule has 0 unspecified atom stereocenters. The highest BCUT2D eigenvalue weighted by atomic mass is 19.1. The number of aromatic amines is 1. The van der Waals surface area contributed by atoms with Gasteiger partial charge < -0.3 is 5.11 Å². The second kappa shape index (κ2) is 4.36. The molecule has 0 aliphatic heterocycles. The summed E-state index contributed by atoms with van der Waals surface area (Å²) in [6, 6.07) is 4.02. The van der Waals surface area contributed by atoms with E-state index < -0.39 is 34.6 Å². The van der Waals surface area contributed by atoms with Crippen molar-refractivity contribution in [3.05, 3.63) is 52.1 Å². The van der Waals surface area contributed by atoms with Gasteiger partial charge in [0.1, 0.15) is 17.3 Å². The number of carboxylic acid groups (broad SMARTS) is 1. The van der Waals surface area contributed by atoms with Crippen molar-refractivity contribution in [3.8, 4) is 11.3 Å². The van der Waals surface area contributed by atoms with E-state index in [0.29, 0.717) is 0 Å². The predicted molar refractivity (Wildman–Crippen MR) is 57.2 cm³/mol. The Balaban J connectivity index is 2.72. The van der Waals surface area contributed by atoms with Gasteiger partial charge in [0.05, 0.1) is 11.3 Å². The molecule has 0 bridgehead atoms. The van der Waals surface area contributed by atoms with Crippen LogP contribution in [0, 0.1) is 11.6 Å². The van der Waals surface area contributed by atoms with Gasteiger partial charge in [-0.3, -0.25) is 4.98 Å². The summed E-state index contributed by atoms with van der Waals surface area (Å²) in [6.45, 7) is 0. The summed E-state index contributed by atoms with van der Waals surface area (Å²) < 4.78 is 26.9. The molecule has 0 fully saturated rings. The Morgan fingerprint density at radius 2 is 1.89 bits per heavy atom. The lowest BCUT2D eigenvalue weighted by atomic mass is 10.1. The van der Waals surface area contributed by atoms with E-state index in [-0.39, 0.29) is 5.69 Å². The molecule has 0 saturated heterocycles. The molecular formula is C11H6F2N2O3. The topological polar surface area (TPSA) is 83.0 Å². The number of rotatable bonds is 2. The number of nitrogens with zero attached hydrogens (tertiary/aromatic N) is 1. The molecule has 0 radical (unpaired) electrons. The fourth-order valence-corrected chi connectivity index (χ4v) is 1.44. The van der Waals surface area contributed by atoms with Crippen LogP contribution in [0.25, 0.3) is 11.3 Å². The molecule has 1 aromatic heterocycles. The lowest BCUT2D eigenvalue weighted by Crippen LogP contribution is -2.17. The van der Waals surface area contributed by atoms with Gasteiger partial charge in [-0.05, 0) is 18.2 Å². The normalized spacial score (nSPS) is 10.3. The van der Waals surface area contributed by atoms with E-state index in [1.54, 1.807) is 0 Å². The third-order valence-electron chi connectivity index (χ3n) is 2.19. The van der Waals surface area contributed by atoms with Gasteiger partial charge in [-0.1, -0.05) is 6.07 Å². The maximum Gasteiger partial charge on any atom is 0.352 e. The van der Waals surface area contributed by atoms with Crippen molar-refractivity contribution in [2.24, 2.45) is 0 Å². The Labute approximate surface area is 98.7 Å². The molecule has 1 heterocycles. The number of hydrogen-bond acceptors (Lipinski definition) is 3. The monoisotopic (exact) mass is 252 g/mol. The van der Waals surface area contributed by atoms with Crippen LogP contribution in [0.3, 0.4) is 0 Å². The van der Waals surface area contributed by atoms with Crippen LogP contribution in [0.4, 0.5) is 8.78 Å². The van der Waals surface area contributed by atoms with E-state index in [2.05, 4.69) is 4.98 Å². The lowest BCUT2D eigenvalue weighted by molar-refractivity contribution is 0.0690. The number of aromatic carboxylic acids is 1. The van der Waals surface area contributed by atoms with Gasteiger partial charge in [-0.2, -0.15) is 4.98 Å². The minimum Gasteiger partial charge on any atom is -0.477 e. The Kier molecular flexibility index (Phi) is 2.88. The minimum absolute atomic E-state index is 0.369. The third-order valence-corrected chi connectivity index (χ3v) is 2.19. The molecule has 18 heavy (non-hydrogen) atoms. The smallest absolute Gasteiger partial charge is 0.352 e. The summed E-state index contributed by atoms with van der Waals surface area (Å²) in [4.78, 5) is 27.2. The van der Waals surface area contributed by atoms with Gasteiger partial charge in [0, 0.05) is 0 Å². The van der Waals surface area contributed by atoms with Crippen LogP contribution in [0.1, 0.15) is 10.5 Å². The zero-order valence-electron chi connectivity index (χ0n) is 8.78. The molecule has 1 aromatic carbocycles. The molecule has 0 atom stereocenters. The van der Waals surface area contributed by atoms with Crippen molar-refractivity contribution in [1.29, 1.82) is 0 Å². The second-order valence-electron chi connectivity index (χ2n) is 3.39. The SMILES string of the molecule is O=C(O)c1cc(-c2c(F)cccc2F)nc(=O)[nH]1. The molecule has 0 aliphatic carbocycles. The average molecular weight is 252 g/mol. The molecular weight excluding hydrogens is 246 g/mol. The highest BCUT2D eigenvalue weighted by Gasteiger charge is 2.15. The second-order valence-corrected chi connectivity index (χ2v) is 3.39. The van der Waals surface area contributed by atoms with E-state index in [0.717, 1.165) is 24.3 Å². The van der Waals surface area contributed by atoms with Crippen LogP contribution in [0.2, 0.25) is 0 Å². The fraction of sp³-hybridized carbons (Fsp3) is 0. The number of aromatic nitrogens is 2. The van der Waals surface area contributed by atoms with Crippen LogP contribution < -0.4 is 5.69 Å². The Hall–Kier alpha value is -2.57. The first-order chi connectivity index (χ1) is 8.49.